The number of aromatic amines is 1. The lowest BCUT2D eigenvalue weighted by molar-refractivity contribution is -0.119. The molecule has 0 spiro atoms. The van der Waals surface area contributed by atoms with Crippen LogP contribution >= 0.6 is 11.6 Å². The van der Waals surface area contributed by atoms with Crippen LogP contribution in [0.1, 0.15) is 32.0 Å². The van der Waals surface area contributed by atoms with Crippen molar-refractivity contribution in [3.8, 4) is 0 Å². The summed E-state index contributed by atoms with van der Waals surface area (Å²) in [7, 11) is 0. The number of benzene rings is 2. The van der Waals surface area contributed by atoms with Crippen LogP contribution in [0.25, 0.3) is 0 Å². The van der Waals surface area contributed by atoms with Crippen molar-refractivity contribution in [3.05, 3.63) is 88.2 Å². The van der Waals surface area contributed by atoms with Crippen molar-refractivity contribution in [3.63, 3.8) is 0 Å². The van der Waals surface area contributed by atoms with Gasteiger partial charge in [0.25, 0.3) is 11.8 Å². The number of aryl methyl sites for hydroxylation is 1. The van der Waals surface area contributed by atoms with Crippen LogP contribution < -0.4 is 10.6 Å². The number of hydrogen-bond donors (Lipinski definition) is 3. The smallest absolute Gasteiger partial charge is 0.355 e. The van der Waals surface area contributed by atoms with Crippen molar-refractivity contribution in [1.82, 2.24) is 10.3 Å². The molecule has 0 saturated heterocycles. The molecule has 1 heterocycles. The molecule has 3 N–H and O–H groups in total. The summed E-state index contributed by atoms with van der Waals surface area (Å²) in [5.41, 5.74) is 2.87. The molecule has 0 fully saturated rings. The zero-order chi connectivity index (χ0) is 21.5. The molecule has 0 aliphatic rings. The zero-order valence-electron chi connectivity index (χ0n) is 16.2. The highest BCUT2D eigenvalue weighted by Gasteiger charge is 2.15. The highest BCUT2D eigenvalue weighted by molar-refractivity contribution is 6.30. The molecule has 0 saturated carbocycles. The van der Waals surface area contributed by atoms with Gasteiger partial charge in [0, 0.05) is 12.7 Å². The summed E-state index contributed by atoms with van der Waals surface area (Å²) >= 11 is 5.74. The first kappa shape index (κ1) is 21.1. The maximum atomic E-state index is 12.6. The maximum absolute atomic E-state index is 12.6. The number of para-hydroxylation sites is 1. The number of amides is 2. The second-order valence-corrected chi connectivity index (χ2v) is 7.01. The summed E-state index contributed by atoms with van der Waals surface area (Å²) in [6, 6.07) is 15.8. The van der Waals surface area contributed by atoms with E-state index in [2.05, 4.69) is 15.6 Å². The molecule has 0 aliphatic heterocycles. The number of nitrogens with one attached hydrogen (secondary N) is 3. The zero-order valence-corrected chi connectivity index (χ0v) is 17.0. The van der Waals surface area contributed by atoms with E-state index >= 15 is 0 Å². The molecule has 0 bridgehead atoms. The Morgan fingerprint density at radius 3 is 2.50 bits per heavy atom. The number of carbonyl (C=O) groups is 3. The normalized spacial score (nSPS) is 10.3. The average molecular weight is 426 g/mol. The minimum absolute atomic E-state index is 0.142. The number of esters is 1. The van der Waals surface area contributed by atoms with E-state index < -0.39 is 18.5 Å². The number of carbonyl (C=O) groups excluding carboxylic acids is 3. The molecule has 2 amide bonds. The Balaban J connectivity index is 1.57. The van der Waals surface area contributed by atoms with Crippen LogP contribution in [-0.4, -0.2) is 29.4 Å². The minimum Gasteiger partial charge on any atom is -0.451 e. The van der Waals surface area contributed by atoms with Crippen LogP contribution in [0.5, 0.6) is 0 Å². The van der Waals surface area contributed by atoms with Gasteiger partial charge in [0.1, 0.15) is 5.69 Å². The second kappa shape index (κ2) is 9.76. The van der Waals surface area contributed by atoms with E-state index in [0.29, 0.717) is 22.8 Å². The molecule has 0 radical (unpaired) electrons. The van der Waals surface area contributed by atoms with Gasteiger partial charge in [-0.3, -0.25) is 9.59 Å². The Morgan fingerprint density at radius 1 is 1.07 bits per heavy atom. The topological polar surface area (TPSA) is 100 Å². The van der Waals surface area contributed by atoms with Gasteiger partial charge in [0.15, 0.2) is 6.61 Å². The van der Waals surface area contributed by atoms with Crippen LogP contribution in [0.4, 0.5) is 5.69 Å². The molecule has 7 nitrogen and oxygen atoms in total. The molecular formula is C22H20ClN3O4. The fourth-order valence-corrected chi connectivity index (χ4v) is 2.82. The Morgan fingerprint density at radius 2 is 1.80 bits per heavy atom. The fraction of sp³-hybridized carbons (Fsp3) is 0.136. The number of H-pyrrole nitrogens is 1. The molecule has 3 aromatic rings. The van der Waals surface area contributed by atoms with Crippen molar-refractivity contribution in [2.24, 2.45) is 0 Å². The van der Waals surface area contributed by atoms with Gasteiger partial charge in [-0.05, 0) is 30.7 Å². The lowest BCUT2D eigenvalue weighted by Gasteiger charge is -2.12. The van der Waals surface area contributed by atoms with E-state index in [1.54, 1.807) is 24.3 Å². The Labute approximate surface area is 178 Å². The Hall–Kier alpha value is -3.58. The summed E-state index contributed by atoms with van der Waals surface area (Å²) in [6.07, 6.45) is 1.43. The van der Waals surface area contributed by atoms with E-state index in [0.717, 1.165) is 11.1 Å². The number of rotatable bonds is 7. The van der Waals surface area contributed by atoms with Crippen molar-refractivity contribution >= 4 is 35.1 Å². The average Bonchev–Trinajstić information content (AvgIpc) is 3.18. The SMILES string of the molecule is Cc1ccc(CNC(=O)c2ccccc2NC(=O)COC(=O)c2cc(Cl)c[nH]2)cc1. The van der Waals surface area contributed by atoms with E-state index in [4.69, 9.17) is 16.3 Å². The first-order chi connectivity index (χ1) is 14.4. The third-order valence-electron chi connectivity index (χ3n) is 4.22. The predicted octanol–water partition coefficient (Wildman–Crippen LogP) is 3.70. The summed E-state index contributed by atoms with van der Waals surface area (Å²) in [4.78, 5) is 39.3. The molecule has 0 unspecified atom stereocenters. The summed E-state index contributed by atoms with van der Waals surface area (Å²) in [5, 5.41) is 5.78. The number of anilines is 1. The standard InChI is InChI=1S/C22H20ClN3O4/c1-14-6-8-15(9-7-14)11-25-21(28)17-4-2-3-5-18(17)26-20(27)13-30-22(29)19-10-16(23)12-24-19/h2-10,12,24H,11,13H2,1H3,(H,25,28)(H,26,27). The Bertz CT molecular complexity index is 1060. The molecule has 30 heavy (non-hydrogen) atoms. The maximum Gasteiger partial charge on any atom is 0.355 e. The second-order valence-electron chi connectivity index (χ2n) is 6.57. The van der Waals surface area contributed by atoms with Gasteiger partial charge in [0.2, 0.25) is 0 Å². The number of aromatic nitrogens is 1. The van der Waals surface area contributed by atoms with Crippen molar-refractivity contribution in [1.29, 1.82) is 0 Å². The lowest BCUT2D eigenvalue weighted by Crippen LogP contribution is -2.26. The molecule has 1 aromatic heterocycles. The Kier molecular flexibility index (Phi) is 6.87. The number of halogens is 1. The first-order valence-electron chi connectivity index (χ1n) is 9.16. The van der Waals surface area contributed by atoms with Crippen LogP contribution in [0, 0.1) is 6.92 Å². The van der Waals surface area contributed by atoms with Gasteiger partial charge in [0.05, 0.1) is 16.3 Å². The number of ether oxygens (including phenoxy) is 1. The van der Waals surface area contributed by atoms with Gasteiger partial charge >= 0.3 is 5.97 Å². The summed E-state index contributed by atoms with van der Waals surface area (Å²) in [6.45, 7) is 1.85. The van der Waals surface area contributed by atoms with E-state index in [1.807, 2.05) is 31.2 Å². The first-order valence-corrected chi connectivity index (χ1v) is 9.54. The third-order valence-corrected chi connectivity index (χ3v) is 4.44. The molecule has 3 rings (SSSR count). The predicted molar refractivity (Wildman–Crippen MR) is 114 cm³/mol. The monoisotopic (exact) mass is 425 g/mol. The molecule has 154 valence electrons. The van der Waals surface area contributed by atoms with Gasteiger partial charge in [-0.1, -0.05) is 53.6 Å². The van der Waals surface area contributed by atoms with Crippen LogP contribution in [0.3, 0.4) is 0 Å². The van der Waals surface area contributed by atoms with E-state index in [-0.39, 0.29) is 11.6 Å². The fourth-order valence-electron chi connectivity index (χ4n) is 2.65. The van der Waals surface area contributed by atoms with E-state index in [9.17, 15) is 14.4 Å². The van der Waals surface area contributed by atoms with Crippen LogP contribution in [0.2, 0.25) is 5.02 Å². The van der Waals surface area contributed by atoms with Gasteiger partial charge in [-0.25, -0.2) is 4.79 Å². The quantitative estimate of drug-likeness (QED) is 0.502. The van der Waals surface area contributed by atoms with Crippen molar-refractivity contribution in [2.75, 3.05) is 11.9 Å². The number of hydrogen-bond acceptors (Lipinski definition) is 4. The lowest BCUT2D eigenvalue weighted by atomic mass is 10.1. The summed E-state index contributed by atoms with van der Waals surface area (Å²) in [5.74, 6) is -1.61. The third kappa shape index (κ3) is 5.71. The largest absolute Gasteiger partial charge is 0.451 e. The van der Waals surface area contributed by atoms with Gasteiger partial charge in [-0.15, -0.1) is 0 Å². The van der Waals surface area contributed by atoms with Gasteiger partial charge in [-0.2, -0.15) is 0 Å². The highest BCUT2D eigenvalue weighted by Crippen LogP contribution is 2.16. The molecule has 0 aliphatic carbocycles. The van der Waals surface area contributed by atoms with Crippen LogP contribution in [-0.2, 0) is 16.1 Å². The molecule has 2 aromatic carbocycles. The summed E-state index contributed by atoms with van der Waals surface area (Å²) < 4.78 is 4.95. The molecular weight excluding hydrogens is 406 g/mol. The van der Waals surface area contributed by atoms with Crippen molar-refractivity contribution in [2.45, 2.75) is 13.5 Å². The molecule has 8 heteroatoms. The highest BCUT2D eigenvalue weighted by atomic mass is 35.5. The minimum atomic E-state index is -0.707. The van der Waals surface area contributed by atoms with Crippen LogP contribution in [0.15, 0.2) is 60.8 Å². The molecule has 0 atom stereocenters. The van der Waals surface area contributed by atoms with Gasteiger partial charge < -0.3 is 20.4 Å². The van der Waals surface area contributed by atoms with Crippen molar-refractivity contribution < 1.29 is 19.1 Å². The van der Waals surface area contributed by atoms with E-state index in [1.165, 1.54) is 12.3 Å².